The van der Waals surface area contributed by atoms with Crippen LogP contribution < -0.4 is 0 Å². The molecule has 0 saturated heterocycles. The third-order valence-electron chi connectivity index (χ3n) is 2.95. The molecule has 0 unspecified atom stereocenters. The van der Waals surface area contributed by atoms with E-state index in [-0.39, 0.29) is 5.78 Å². The molecule has 1 N–H and O–H groups in total. The van der Waals surface area contributed by atoms with Gasteiger partial charge in [-0.05, 0) is 24.6 Å². The highest BCUT2D eigenvalue weighted by atomic mass is 79.9. The number of Topliss-reactive ketones (excluding diaryl/α,β-unsaturated/α-hetero) is 1. The molecule has 1 heterocycles. The largest absolute Gasteiger partial charge is 0.360 e. The molecular weight excluding hydrogens is 278 g/mol. The van der Waals surface area contributed by atoms with Crippen molar-refractivity contribution in [3.8, 4) is 0 Å². The van der Waals surface area contributed by atoms with E-state index >= 15 is 0 Å². The number of rotatable bonds is 5. The minimum absolute atomic E-state index is 0.239. The third kappa shape index (κ3) is 2.78. The fraction of sp³-hybridized carbons (Fsp3) is 0.357. The molecule has 2 rings (SSSR count). The lowest BCUT2D eigenvalue weighted by atomic mass is 10.0. The number of hydrogen-bond acceptors (Lipinski definition) is 1. The van der Waals surface area contributed by atoms with E-state index in [1.807, 2.05) is 24.4 Å². The molecule has 0 aliphatic heterocycles. The number of carbonyl (C=O) groups excluding carboxylic acids is 1. The molecule has 0 fully saturated rings. The molecule has 0 amide bonds. The van der Waals surface area contributed by atoms with Crippen LogP contribution in [0.25, 0.3) is 10.9 Å². The Morgan fingerprint density at radius 2 is 2.18 bits per heavy atom. The molecule has 0 spiro atoms. The summed E-state index contributed by atoms with van der Waals surface area (Å²) in [7, 11) is 0. The van der Waals surface area contributed by atoms with Crippen LogP contribution in [0.3, 0.4) is 0 Å². The summed E-state index contributed by atoms with van der Waals surface area (Å²) < 4.78 is 1.01. The Hall–Kier alpha value is -1.09. The maximum atomic E-state index is 12.1. The van der Waals surface area contributed by atoms with Crippen molar-refractivity contribution in [2.45, 2.75) is 32.6 Å². The van der Waals surface area contributed by atoms with Gasteiger partial charge in [0.2, 0.25) is 0 Å². The van der Waals surface area contributed by atoms with Crippen LogP contribution in [0.2, 0.25) is 0 Å². The van der Waals surface area contributed by atoms with Crippen LogP contribution in [0.1, 0.15) is 43.0 Å². The average molecular weight is 294 g/mol. The standard InChI is InChI=1S/C14H16BrNO/c1-2-3-4-5-14(17)12-9-16-13-7-6-10(15)8-11(12)13/h6-9,16H,2-5H2,1H3. The third-order valence-corrected chi connectivity index (χ3v) is 3.44. The Balaban J connectivity index is 2.23. The number of ketones is 1. The van der Waals surface area contributed by atoms with Crippen LogP contribution in [0.15, 0.2) is 28.9 Å². The number of H-pyrrole nitrogens is 1. The van der Waals surface area contributed by atoms with E-state index in [0.29, 0.717) is 6.42 Å². The molecule has 0 saturated carbocycles. The van der Waals surface area contributed by atoms with Gasteiger partial charge >= 0.3 is 0 Å². The van der Waals surface area contributed by atoms with Gasteiger partial charge in [-0.1, -0.05) is 35.7 Å². The summed E-state index contributed by atoms with van der Waals surface area (Å²) in [5.41, 5.74) is 1.84. The molecular formula is C14H16BrNO. The number of nitrogens with one attached hydrogen (secondary N) is 1. The first-order valence-corrected chi connectivity index (χ1v) is 6.81. The summed E-state index contributed by atoms with van der Waals surface area (Å²) in [6.07, 6.45) is 5.72. The van der Waals surface area contributed by atoms with Crippen molar-refractivity contribution in [1.29, 1.82) is 0 Å². The highest BCUT2D eigenvalue weighted by Gasteiger charge is 2.11. The number of fused-ring (bicyclic) bond motifs is 1. The molecule has 1 aromatic carbocycles. The lowest BCUT2D eigenvalue weighted by molar-refractivity contribution is 0.0981. The van der Waals surface area contributed by atoms with Crippen molar-refractivity contribution in [1.82, 2.24) is 4.98 Å². The fourth-order valence-electron chi connectivity index (χ4n) is 1.99. The maximum Gasteiger partial charge on any atom is 0.165 e. The second-order valence-corrected chi connectivity index (χ2v) is 5.19. The van der Waals surface area contributed by atoms with Gasteiger partial charge in [0.15, 0.2) is 5.78 Å². The van der Waals surface area contributed by atoms with Gasteiger partial charge in [-0.3, -0.25) is 4.79 Å². The van der Waals surface area contributed by atoms with E-state index in [9.17, 15) is 4.79 Å². The number of carbonyl (C=O) groups is 1. The minimum atomic E-state index is 0.239. The normalized spacial score (nSPS) is 10.9. The van der Waals surface area contributed by atoms with Crippen molar-refractivity contribution in [3.05, 3.63) is 34.4 Å². The zero-order valence-corrected chi connectivity index (χ0v) is 11.5. The topological polar surface area (TPSA) is 32.9 Å². The van der Waals surface area contributed by atoms with Gasteiger partial charge in [0, 0.05) is 33.6 Å². The number of aromatic nitrogens is 1. The first-order valence-electron chi connectivity index (χ1n) is 6.02. The van der Waals surface area contributed by atoms with E-state index < -0.39 is 0 Å². The molecule has 2 aromatic rings. The van der Waals surface area contributed by atoms with Crippen LogP contribution in [-0.2, 0) is 0 Å². The van der Waals surface area contributed by atoms with E-state index in [2.05, 4.69) is 27.8 Å². The van der Waals surface area contributed by atoms with Crippen LogP contribution in [-0.4, -0.2) is 10.8 Å². The van der Waals surface area contributed by atoms with Crippen molar-refractivity contribution in [3.63, 3.8) is 0 Å². The molecule has 90 valence electrons. The Labute approximate surface area is 110 Å². The Morgan fingerprint density at radius 1 is 1.35 bits per heavy atom. The molecule has 0 aliphatic carbocycles. The lowest BCUT2D eigenvalue weighted by Gasteiger charge is -1.99. The molecule has 2 nitrogen and oxygen atoms in total. The summed E-state index contributed by atoms with van der Waals surface area (Å²) in [4.78, 5) is 15.2. The lowest BCUT2D eigenvalue weighted by Crippen LogP contribution is -1.97. The highest BCUT2D eigenvalue weighted by Crippen LogP contribution is 2.24. The van der Waals surface area contributed by atoms with Crippen LogP contribution in [0, 0.1) is 0 Å². The minimum Gasteiger partial charge on any atom is -0.360 e. The van der Waals surface area contributed by atoms with Gasteiger partial charge in [-0.15, -0.1) is 0 Å². The van der Waals surface area contributed by atoms with Gasteiger partial charge in [0.05, 0.1) is 0 Å². The zero-order chi connectivity index (χ0) is 12.3. The van der Waals surface area contributed by atoms with Crippen molar-refractivity contribution in [2.24, 2.45) is 0 Å². The van der Waals surface area contributed by atoms with Gasteiger partial charge in [0.25, 0.3) is 0 Å². The van der Waals surface area contributed by atoms with Gasteiger partial charge < -0.3 is 4.98 Å². The molecule has 1 aromatic heterocycles. The quantitative estimate of drug-likeness (QED) is 0.629. The average Bonchev–Trinajstić information content (AvgIpc) is 2.72. The monoisotopic (exact) mass is 293 g/mol. The number of halogens is 1. The predicted molar refractivity (Wildman–Crippen MR) is 74.5 cm³/mol. The summed E-state index contributed by atoms with van der Waals surface area (Å²) in [6, 6.07) is 5.96. The zero-order valence-electron chi connectivity index (χ0n) is 9.92. The summed E-state index contributed by atoms with van der Waals surface area (Å²) in [6.45, 7) is 2.15. The summed E-state index contributed by atoms with van der Waals surface area (Å²) in [5.74, 6) is 0.239. The summed E-state index contributed by atoms with van der Waals surface area (Å²) >= 11 is 3.44. The van der Waals surface area contributed by atoms with Crippen LogP contribution in [0.5, 0.6) is 0 Å². The SMILES string of the molecule is CCCCCC(=O)c1c[nH]c2ccc(Br)cc12. The fourth-order valence-corrected chi connectivity index (χ4v) is 2.35. The van der Waals surface area contributed by atoms with Gasteiger partial charge in [-0.2, -0.15) is 0 Å². The number of hydrogen-bond donors (Lipinski definition) is 1. The second-order valence-electron chi connectivity index (χ2n) is 4.27. The molecule has 0 atom stereocenters. The van der Waals surface area contributed by atoms with Crippen molar-refractivity contribution < 1.29 is 4.79 Å². The molecule has 0 aliphatic rings. The summed E-state index contributed by atoms with van der Waals surface area (Å²) in [5, 5.41) is 1.01. The number of aromatic amines is 1. The van der Waals surface area contributed by atoms with Crippen LogP contribution >= 0.6 is 15.9 Å². The molecule has 0 radical (unpaired) electrons. The Bertz CT molecular complexity index is 530. The smallest absolute Gasteiger partial charge is 0.165 e. The maximum absolute atomic E-state index is 12.1. The first kappa shape index (κ1) is 12.4. The van der Waals surface area contributed by atoms with Gasteiger partial charge in [-0.25, -0.2) is 0 Å². The number of benzene rings is 1. The predicted octanol–water partition coefficient (Wildman–Crippen LogP) is 4.69. The van der Waals surface area contributed by atoms with E-state index in [1.54, 1.807) is 0 Å². The van der Waals surface area contributed by atoms with E-state index in [4.69, 9.17) is 0 Å². The van der Waals surface area contributed by atoms with Crippen molar-refractivity contribution in [2.75, 3.05) is 0 Å². The van der Waals surface area contributed by atoms with E-state index in [0.717, 1.165) is 40.2 Å². The first-order chi connectivity index (χ1) is 8.22. The highest BCUT2D eigenvalue weighted by molar-refractivity contribution is 9.10. The molecule has 3 heteroatoms. The van der Waals surface area contributed by atoms with E-state index in [1.165, 1.54) is 0 Å². The number of unbranched alkanes of at least 4 members (excludes halogenated alkanes) is 2. The molecule has 0 bridgehead atoms. The Kier molecular flexibility index (Phi) is 4.00. The molecule has 17 heavy (non-hydrogen) atoms. The second kappa shape index (κ2) is 5.50. The van der Waals surface area contributed by atoms with Gasteiger partial charge in [0.1, 0.15) is 0 Å². The van der Waals surface area contributed by atoms with Crippen LogP contribution in [0.4, 0.5) is 0 Å². The Morgan fingerprint density at radius 3 is 2.94 bits per heavy atom. The van der Waals surface area contributed by atoms with Crippen molar-refractivity contribution >= 4 is 32.6 Å².